The number of halogens is 2. The molecule has 0 spiro atoms. The summed E-state index contributed by atoms with van der Waals surface area (Å²) in [6.45, 7) is 1.94. The Morgan fingerprint density at radius 1 is 1.15 bits per heavy atom. The maximum Gasteiger partial charge on any atom is 0.261 e. The Balaban J connectivity index is 2.17. The highest BCUT2D eigenvalue weighted by Gasteiger charge is 2.28. The molecule has 2 amide bonds. The highest BCUT2D eigenvalue weighted by Crippen LogP contribution is 2.27. The topological polar surface area (TPSA) is 58.6 Å². The van der Waals surface area contributed by atoms with Crippen molar-refractivity contribution in [3.63, 3.8) is 0 Å². The molecule has 7 heteroatoms. The van der Waals surface area contributed by atoms with Crippen LogP contribution in [0.25, 0.3) is 0 Å². The van der Waals surface area contributed by atoms with Gasteiger partial charge in [0.15, 0.2) is 6.61 Å². The molecule has 2 rings (SSSR count). The first-order valence-corrected chi connectivity index (χ1v) is 9.34. The molecule has 0 bridgehead atoms. The fourth-order valence-electron chi connectivity index (χ4n) is 2.68. The molecule has 0 radical (unpaired) electrons. The van der Waals surface area contributed by atoms with E-state index in [9.17, 15) is 9.59 Å². The van der Waals surface area contributed by atoms with E-state index < -0.39 is 6.04 Å². The summed E-state index contributed by atoms with van der Waals surface area (Å²) >= 11 is 12.0. The predicted octanol–water partition coefficient (Wildman–Crippen LogP) is 3.93. The van der Waals surface area contributed by atoms with E-state index in [1.165, 1.54) is 4.90 Å². The van der Waals surface area contributed by atoms with Gasteiger partial charge < -0.3 is 15.0 Å². The Kier molecular flexibility index (Phi) is 7.95. The molecule has 5 nitrogen and oxygen atoms in total. The van der Waals surface area contributed by atoms with Crippen molar-refractivity contribution in [3.8, 4) is 5.75 Å². The number of amides is 2. The molecule has 0 aliphatic rings. The lowest BCUT2D eigenvalue weighted by Crippen LogP contribution is -2.49. The molecule has 2 aromatic carbocycles. The highest BCUT2D eigenvalue weighted by atomic mass is 35.5. The Morgan fingerprint density at radius 3 is 2.44 bits per heavy atom. The summed E-state index contributed by atoms with van der Waals surface area (Å²) in [5, 5.41) is 3.42. The number of carbonyl (C=O) groups is 2. The summed E-state index contributed by atoms with van der Waals surface area (Å²) in [6.07, 6.45) is 0.486. The first-order valence-electron chi connectivity index (χ1n) is 8.59. The van der Waals surface area contributed by atoms with Gasteiger partial charge in [-0.15, -0.1) is 0 Å². The molecule has 0 aromatic heterocycles. The molecule has 0 aliphatic carbocycles. The van der Waals surface area contributed by atoms with E-state index in [-0.39, 0.29) is 18.4 Å². The number of hydrogen-bond donors (Lipinski definition) is 1. The van der Waals surface area contributed by atoms with E-state index in [2.05, 4.69) is 5.32 Å². The molecule has 1 N–H and O–H groups in total. The van der Waals surface area contributed by atoms with Gasteiger partial charge in [0.25, 0.3) is 5.91 Å². The van der Waals surface area contributed by atoms with E-state index in [0.29, 0.717) is 28.8 Å². The Morgan fingerprint density at radius 2 is 1.85 bits per heavy atom. The van der Waals surface area contributed by atoms with Crippen molar-refractivity contribution >= 4 is 35.0 Å². The lowest BCUT2D eigenvalue weighted by atomic mass is 10.1. The molecule has 0 saturated heterocycles. The second kappa shape index (κ2) is 10.2. The molecule has 0 heterocycles. The van der Waals surface area contributed by atoms with E-state index in [0.717, 1.165) is 5.56 Å². The number of nitrogens with one attached hydrogen (secondary N) is 1. The summed E-state index contributed by atoms with van der Waals surface area (Å²) in [4.78, 5) is 26.7. The van der Waals surface area contributed by atoms with E-state index in [4.69, 9.17) is 27.9 Å². The van der Waals surface area contributed by atoms with Crippen molar-refractivity contribution in [2.24, 2.45) is 0 Å². The third-order valence-corrected chi connectivity index (χ3v) is 4.60. The number of likely N-dealkylation sites (N-methyl/N-ethyl adjacent to an activating group) is 1. The van der Waals surface area contributed by atoms with Crippen LogP contribution in [0.15, 0.2) is 48.5 Å². The molecular weight excluding hydrogens is 387 g/mol. The predicted molar refractivity (Wildman–Crippen MR) is 107 cm³/mol. The van der Waals surface area contributed by atoms with Gasteiger partial charge in [-0.3, -0.25) is 9.59 Å². The number of rotatable bonds is 8. The van der Waals surface area contributed by atoms with Crippen LogP contribution in [0.1, 0.15) is 18.9 Å². The summed E-state index contributed by atoms with van der Waals surface area (Å²) in [5.41, 5.74) is 0.928. The lowest BCUT2D eigenvalue weighted by Gasteiger charge is -2.30. The highest BCUT2D eigenvalue weighted by molar-refractivity contribution is 6.35. The van der Waals surface area contributed by atoms with Gasteiger partial charge in [-0.25, -0.2) is 0 Å². The molecule has 27 heavy (non-hydrogen) atoms. The summed E-state index contributed by atoms with van der Waals surface area (Å²) in [7, 11) is 1.56. The van der Waals surface area contributed by atoms with E-state index in [1.54, 1.807) is 25.2 Å². The van der Waals surface area contributed by atoms with Crippen molar-refractivity contribution in [2.75, 3.05) is 13.7 Å². The van der Waals surface area contributed by atoms with Gasteiger partial charge in [0.05, 0.1) is 5.02 Å². The third kappa shape index (κ3) is 5.88. The van der Waals surface area contributed by atoms with Gasteiger partial charge in [0.2, 0.25) is 5.91 Å². The number of nitrogens with zero attached hydrogens (tertiary/aromatic N) is 1. The first-order chi connectivity index (χ1) is 13.0. The average molecular weight is 409 g/mol. The van der Waals surface area contributed by atoms with Gasteiger partial charge in [0.1, 0.15) is 11.8 Å². The molecule has 0 unspecified atom stereocenters. The number of ether oxygens (including phenoxy) is 1. The molecule has 1 atom stereocenters. The van der Waals surface area contributed by atoms with Crippen molar-refractivity contribution in [2.45, 2.75) is 25.9 Å². The lowest BCUT2D eigenvalue weighted by molar-refractivity contribution is -0.142. The minimum atomic E-state index is -0.591. The largest absolute Gasteiger partial charge is 0.482 e. The Hall–Kier alpha value is -2.24. The zero-order chi connectivity index (χ0) is 19.8. The zero-order valence-electron chi connectivity index (χ0n) is 15.2. The number of carbonyl (C=O) groups excluding carboxylic acids is 2. The van der Waals surface area contributed by atoms with Crippen LogP contribution in [0.4, 0.5) is 0 Å². The standard InChI is InChI=1S/C20H22Cl2N2O3/c1-3-17(20(26)23-2)24(12-14-7-5-4-6-8-14)19(25)13-27-18-10-9-15(21)11-16(18)22/h4-11,17H,3,12-13H2,1-2H3,(H,23,26)/t17-/m0/s1. The molecular formula is C20H22Cl2N2O3. The second-order valence-corrected chi connectivity index (χ2v) is 6.75. The van der Waals surface area contributed by atoms with Gasteiger partial charge in [0, 0.05) is 18.6 Å². The maximum absolute atomic E-state index is 12.9. The van der Waals surface area contributed by atoms with Crippen LogP contribution in [0.3, 0.4) is 0 Å². The van der Waals surface area contributed by atoms with Crippen LogP contribution >= 0.6 is 23.2 Å². The van der Waals surface area contributed by atoms with Crippen molar-refractivity contribution in [1.82, 2.24) is 10.2 Å². The normalized spacial score (nSPS) is 11.6. The van der Waals surface area contributed by atoms with E-state index in [1.807, 2.05) is 37.3 Å². The molecule has 0 aliphatic heterocycles. The first kappa shape index (κ1) is 21.1. The average Bonchev–Trinajstić information content (AvgIpc) is 2.67. The molecule has 144 valence electrons. The fourth-order valence-corrected chi connectivity index (χ4v) is 3.14. The molecule has 0 fully saturated rings. The Bertz CT molecular complexity index is 784. The van der Waals surface area contributed by atoms with Gasteiger partial charge in [-0.05, 0) is 30.2 Å². The van der Waals surface area contributed by atoms with Crippen LogP contribution in [-0.4, -0.2) is 36.4 Å². The van der Waals surface area contributed by atoms with Gasteiger partial charge >= 0.3 is 0 Å². The number of benzene rings is 2. The maximum atomic E-state index is 12.9. The fraction of sp³-hybridized carbons (Fsp3) is 0.300. The van der Waals surface area contributed by atoms with Crippen LogP contribution in [-0.2, 0) is 16.1 Å². The van der Waals surface area contributed by atoms with Crippen molar-refractivity contribution < 1.29 is 14.3 Å². The van der Waals surface area contributed by atoms with Crippen LogP contribution < -0.4 is 10.1 Å². The van der Waals surface area contributed by atoms with Crippen LogP contribution in [0.5, 0.6) is 5.75 Å². The van der Waals surface area contributed by atoms with Crippen LogP contribution in [0, 0.1) is 0 Å². The summed E-state index contributed by atoms with van der Waals surface area (Å²) < 4.78 is 5.57. The van der Waals surface area contributed by atoms with Crippen LogP contribution in [0.2, 0.25) is 10.0 Å². The Labute approximate surface area is 169 Å². The minimum absolute atomic E-state index is 0.216. The summed E-state index contributed by atoms with van der Waals surface area (Å²) in [5.74, 6) is -0.159. The van der Waals surface area contributed by atoms with Gasteiger partial charge in [-0.2, -0.15) is 0 Å². The molecule has 0 saturated carbocycles. The van der Waals surface area contributed by atoms with Crippen molar-refractivity contribution in [3.05, 3.63) is 64.1 Å². The zero-order valence-corrected chi connectivity index (χ0v) is 16.8. The third-order valence-electron chi connectivity index (χ3n) is 4.07. The second-order valence-electron chi connectivity index (χ2n) is 5.91. The SMILES string of the molecule is CC[C@@H](C(=O)NC)N(Cc1ccccc1)C(=O)COc1ccc(Cl)cc1Cl. The smallest absolute Gasteiger partial charge is 0.261 e. The summed E-state index contributed by atoms with van der Waals surface area (Å²) in [6, 6.07) is 13.7. The van der Waals surface area contributed by atoms with Crippen molar-refractivity contribution in [1.29, 1.82) is 0 Å². The number of hydrogen-bond acceptors (Lipinski definition) is 3. The van der Waals surface area contributed by atoms with Gasteiger partial charge in [-0.1, -0.05) is 60.5 Å². The monoisotopic (exact) mass is 408 g/mol. The van der Waals surface area contributed by atoms with E-state index >= 15 is 0 Å². The molecule has 2 aromatic rings. The quantitative estimate of drug-likeness (QED) is 0.719. The minimum Gasteiger partial charge on any atom is -0.482 e.